The number of halogens is 2. The fourth-order valence-corrected chi connectivity index (χ4v) is 9.17. The number of carbonyl (C=O) groups is 2. The van der Waals surface area contributed by atoms with Gasteiger partial charge < -0.3 is 23.8 Å². The van der Waals surface area contributed by atoms with Crippen LogP contribution in [0.15, 0.2) is 58.4 Å². The molecule has 1 fully saturated rings. The monoisotopic (exact) mass is 690 g/mol. The van der Waals surface area contributed by atoms with Gasteiger partial charge in [-0.2, -0.15) is 4.67 Å². The number of thioether (sulfide) groups is 1. The highest BCUT2D eigenvalue weighted by Crippen LogP contribution is 2.51. The lowest BCUT2D eigenvalue weighted by Crippen LogP contribution is -2.66. The molecule has 1 unspecified atom stereocenters. The number of morpholine rings is 1. The lowest BCUT2D eigenvalue weighted by molar-refractivity contribution is -0.150. The van der Waals surface area contributed by atoms with Crippen LogP contribution in [0.3, 0.4) is 0 Å². The van der Waals surface area contributed by atoms with Gasteiger partial charge in [0, 0.05) is 41.6 Å². The van der Waals surface area contributed by atoms with E-state index in [2.05, 4.69) is 0 Å². The first-order valence-corrected chi connectivity index (χ1v) is 17.4. The minimum absolute atomic E-state index is 0.0355. The average Bonchev–Trinajstić information content (AvgIpc) is 3.21. The van der Waals surface area contributed by atoms with Gasteiger partial charge in [0.2, 0.25) is 11.2 Å². The van der Waals surface area contributed by atoms with Gasteiger partial charge in [-0.15, -0.1) is 11.8 Å². The maximum Gasteiger partial charge on any atom is 0.459 e. The summed E-state index contributed by atoms with van der Waals surface area (Å²) in [7, 11) is -3.88. The zero-order chi connectivity index (χ0) is 33.8. The number of nitrogens with zero attached hydrogens (tertiary/aromatic N) is 4. The Hall–Kier alpha value is -3.75. The average molecular weight is 691 g/mol. The Labute approximate surface area is 273 Å². The maximum absolute atomic E-state index is 15.4. The summed E-state index contributed by atoms with van der Waals surface area (Å²) in [4.78, 5) is 53.8. The Bertz CT molecular complexity index is 1870. The molecule has 3 atom stereocenters. The van der Waals surface area contributed by atoms with E-state index >= 15 is 4.39 Å². The fourth-order valence-electron chi connectivity index (χ4n) is 6.47. The zero-order valence-electron chi connectivity index (χ0n) is 26.0. The number of amides is 1. The summed E-state index contributed by atoms with van der Waals surface area (Å²) in [5.41, 5.74) is -1.58. The number of ether oxygens (including phenoxy) is 2. The van der Waals surface area contributed by atoms with Crippen molar-refractivity contribution in [2.45, 2.75) is 49.2 Å². The number of pyridine rings is 1. The summed E-state index contributed by atoms with van der Waals surface area (Å²) < 4.78 is 62.4. The molecule has 1 amide bonds. The highest BCUT2D eigenvalue weighted by Gasteiger charge is 2.50. The van der Waals surface area contributed by atoms with Gasteiger partial charge in [0.25, 0.3) is 5.91 Å². The summed E-state index contributed by atoms with van der Waals surface area (Å²) in [5.74, 6) is -4.06. The van der Waals surface area contributed by atoms with Crippen LogP contribution in [0.25, 0.3) is 0 Å². The molecule has 12 nitrogen and oxygen atoms in total. The van der Waals surface area contributed by atoms with Gasteiger partial charge in [0.1, 0.15) is 11.7 Å². The van der Waals surface area contributed by atoms with Gasteiger partial charge in [-0.25, -0.2) is 13.3 Å². The molecule has 1 N–H and O–H groups in total. The lowest BCUT2D eigenvalue weighted by Gasteiger charge is -2.51. The SMILES string of the molecule is CCN(C(C)(C)C(=O)OC)P(=O)(O)Oc1c2n(ccc1=O)N([C@@H]1c3ccccc3SCc3c1ccc(F)c3F)[C@@H]1COCCN1C2=O. The molecule has 0 bridgehead atoms. The molecule has 250 valence electrons. The van der Waals surface area contributed by atoms with Crippen molar-refractivity contribution in [1.29, 1.82) is 0 Å². The molecule has 1 aromatic heterocycles. The van der Waals surface area contributed by atoms with Crippen molar-refractivity contribution < 1.29 is 41.8 Å². The molecule has 1 saturated heterocycles. The smallest absolute Gasteiger partial charge is 0.459 e. The number of aromatic nitrogens is 1. The van der Waals surface area contributed by atoms with Crippen LogP contribution in [0, 0.1) is 11.6 Å². The molecule has 6 rings (SSSR count). The number of benzene rings is 2. The van der Waals surface area contributed by atoms with Crippen molar-refractivity contribution in [3.8, 4) is 5.75 Å². The van der Waals surface area contributed by atoms with Crippen molar-refractivity contribution in [2.24, 2.45) is 0 Å². The summed E-state index contributed by atoms with van der Waals surface area (Å²) in [6.45, 7) is 4.41. The van der Waals surface area contributed by atoms with E-state index < -0.39 is 60.2 Å². The number of rotatable bonds is 7. The van der Waals surface area contributed by atoms with E-state index in [-0.39, 0.29) is 43.3 Å². The summed E-state index contributed by atoms with van der Waals surface area (Å²) in [6, 6.07) is 10.2. The third kappa shape index (κ3) is 5.43. The van der Waals surface area contributed by atoms with Crippen molar-refractivity contribution >= 4 is 31.4 Å². The van der Waals surface area contributed by atoms with Gasteiger partial charge >= 0.3 is 13.7 Å². The van der Waals surface area contributed by atoms with Crippen LogP contribution in [0.4, 0.5) is 8.78 Å². The molecule has 2 aromatic carbocycles. The van der Waals surface area contributed by atoms with Gasteiger partial charge in [-0.05, 0) is 37.1 Å². The number of fused-ring (bicyclic) bond motifs is 4. The molecular formula is C31H33F2N4O8PS. The molecule has 3 aliphatic heterocycles. The highest BCUT2D eigenvalue weighted by molar-refractivity contribution is 7.98. The number of likely N-dealkylation sites (N-methyl/N-ethyl adjacent to an activating group) is 1. The lowest BCUT2D eigenvalue weighted by atomic mass is 9.93. The Morgan fingerprint density at radius 1 is 1.17 bits per heavy atom. The molecule has 3 aliphatic rings. The van der Waals surface area contributed by atoms with E-state index in [1.165, 1.54) is 54.4 Å². The Balaban J connectivity index is 1.58. The third-order valence-corrected chi connectivity index (χ3v) is 11.6. The van der Waals surface area contributed by atoms with Crippen LogP contribution in [0.1, 0.15) is 54.0 Å². The normalized spacial score (nSPS) is 20.4. The zero-order valence-corrected chi connectivity index (χ0v) is 27.7. The second-order valence-corrected chi connectivity index (χ2v) is 14.3. The van der Waals surface area contributed by atoms with Crippen molar-refractivity contribution in [1.82, 2.24) is 14.2 Å². The molecule has 3 aromatic rings. The van der Waals surface area contributed by atoms with Crippen molar-refractivity contribution in [2.75, 3.05) is 38.4 Å². The molecule has 0 saturated carbocycles. The summed E-state index contributed by atoms with van der Waals surface area (Å²) in [5, 5.41) is 1.72. The van der Waals surface area contributed by atoms with Crippen molar-refractivity contribution in [3.05, 3.63) is 92.9 Å². The van der Waals surface area contributed by atoms with Gasteiger partial charge in [-0.1, -0.05) is 31.2 Å². The van der Waals surface area contributed by atoms with Gasteiger partial charge in [-0.3, -0.25) is 24.1 Å². The first kappa shape index (κ1) is 33.2. The third-order valence-electron chi connectivity index (χ3n) is 8.68. The van der Waals surface area contributed by atoms with E-state index in [0.717, 1.165) is 34.4 Å². The molecule has 0 aliphatic carbocycles. The minimum Gasteiger partial charge on any atom is -0.468 e. The number of hydrogen-bond donors (Lipinski definition) is 1. The Morgan fingerprint density at radius 3 is 2.64 bits per heavy atom. The summed E-state index contributed by atoms with van der Waals surface area (Å²) in [6.07, 6.45) is 0.555. The summed E-state index contributed by atoms with van der Waals surface area (Å²) >= 11 is 1.34. The molecule has 4 heterocycles. The van der Waals surface area contributed by atoms with Crippen LogP contribution >= 0.6 is 19.5 Å². The van der Waals surface area contributed by atoms with E-state index in [9.17, 15) is 28.2 Å². The molecule has 0 spiro atoms. The first-order chi connectivity index (χ1) is 22.3. The molecule has 16 heteroatoms. The molecular weight excluding hydrogens is 657 g/mol. The van der Waals surface area contributed by atoms with Crippen LogP contribution < -0.4 is 15.0 Å². The number of hydrogen-bond acceptors (Lipinski definition) is 9. The fraction of sp³-hybridized carbons (Fsp3) is 0.387. The maximum atomic E-state index is 15.4. The molecule has 47 heavy (non-hydrogen) atoms. The van der Waals surface area contributed by atoms with Crippen LogP contribution in [0.5, 0.6) is 5.75 Å². The predicted octanol–water partition coefficient (Wildman–Crippen LogP) is 4.02. The topological polar surface area (TPSA) is 131 Å². The predicted molar refractivity (Wildman–Crippen MR) is 168 cm³/mol. The van der Waals surface area contributed by atoms with E-state index in [1.54, 1.807) is 5.01 Å². The van der Waals surface area contributed by atoms with E-state index in [0.29, 0.717) is 5.56 Å². The second kappa shape index (κ2) is 12.4. The minimum atomic E-state index is -5.02. The van der Waals surface area contributed by atoms with Crippen LogP contribution in [-0.2, 0) is 24.6 Å². The number of esters is 1. The molecule has 0 radical (unpaired) electrons. The number of carbonyl (C=O) groups excluding carboxylic acids is 2. The Kier molecular flexibility index (Phi) is 8.72. The van der Waals surface area contributed by atoms with Crippen LogP contribution in [0.2, 0.25) is 0 Å². The Morgan fingerprint density at radius 2 is 1.91 bits per heavy atom. The van der Waals surface area contributed by atoms with E-state index in [4.69, 9.17) is 14.0 Å². The standard InChI is InChI=1S/C31H33F2N4O8PS/c1-5-36(31(2,3)30(40)43-4)46(41,42)45-28-22(38)12-13-35-27(28)29(39)34-14-15-44-16-24(34)37(35)26-18-10-11-21(32)25(33)20(18)17-47-23-9-7-6-8-19(23)26/h6-13,24,26H,5,14-17H2,1-4H3,(H,41,42)/t24-,26+/m1/s1. The first-order valence-electron chi connectivity index (χ1n) is 14.8. The van der Waals surface area contributed by atoms with Gasteiger partial charge in [0.05, 0.1) is 26.4 Å². The quantitative estimate of drug-likeness (QED) is 0.285. The highest BCUT2D eigenvalue weighted by atomic mass is 32.2. The van der Waals surface area contributed by atoms with Crippen LogP contribution in [-0.4, -0.2) is 76.1 Å². The largest absolute Gasteiger partial charge is 0.468 e. The second-order valence-electron chi connectivity index (χ2n) is 11.6. The van der Waals surface area contributed by atoms with Crippen molar-refractivity contribution in [3.63, 3.8) is 0 Å². The number of methoxy groups -OCH3 is 1. The van der Waals surface area contributed by atoms with E-state index in [1.807, 2.05) is 24.3 Å². The van der Waals surface area contributed by atoms with Gasteiger partial charge in [0.15, 0.2) is 17.3 Å².